The summed E-state index contributed by atoms with van der Waals surface area (Å²) < 4.78 is 0. The predicted octanol–water partition coefficient (Wildman–Crippen LogP) is 1.56. The number of hydrogen-bond donors (Lipinski definition) is 2. The predicted molar refractivity (Wildman–Crippen MR) is 101 cm³/mol. The molecule has 0 aliphatic carbocycles. The Morgan fingerprint density at radius 3 is 2.62 bits per heavy atom. The van der Waals surface area contributed by atoms with E-state index < -0.39 is 0 Å². The van der Waals surface area contributed by atoms with Crippen LogP contribution in [0.15, 0.2) is 24.3 Å². The Bertz CT molecular complexity index is 712. The number of nitrogens with one attached hydrogen (secondary N) is 2. The smallest absolute Gasteiger partial charge is 0.241 e. The molecular formula is C20H28N4O2. The van der Waals surface area contributed by atoms with Gasteiger partial charge in [-0.2, -0.15) is 0 Å². The molecule has 3 aliphatic rings. The summed E-state index contributed by atoms with van der Waals surface area (Å²) in [6.45, 7) is 6.25. The van der Waals surface area contributed by atoms with Crippen molar-refractivity contribution in [2.24, 2.45) is 0 Å². The van der Waals surface area contributed by atoms with Gasteiger partial charge in [0, 0.05) is 43.2 Å². The highest BCUT2D eigenvalue weighted by atomic mass is 16.2. The molecule has 2 atom stereocenters. The minimum absolute atomic E-state index is 0.120. The molecule has 1 aromatic rings. The number of anilines is 1. The van der Waals surface area contributed by atoms with Crippen LogP contribution in [0.4, 0.5) is 5.69 Å². The first-order valence-electron chi connectivity index (χ1n) is 9.74. The van der Waals surface area contributed by atoms with E-state index in [9.17, 15) is 9.59 Å². The molecule has 6 heteroatoms. The van der Waals surface area contributed by atoms with Gasteiger partial charge < -0.3 is 9.80 Å². The van der Waals surface area contributed by atoms with Crippen LogP contribution >= 0.6 is 0 Å². The van der Waals surface area contributed by atoms with E-state index in [2.05, 4.69) is 36.0 Å². The quantitative estimate of drug-likeness (QED) is 0.844. The van der Waals surface area contributed by atoms with Gasteiger partial charge >= 0.3 is 0 Å². The Labute approximate surface area is 154 Å². The number of rotatable bonds is 2. The van der Waals surface area contributed by atoms with Crippen molar-refractivity contribution in [2.75, 3.05) is 24.5 Å². The highest BCUT2D eigenvalue weighted by Gasteiger charge is 2.45. The number of carbonyl (C=O) groups excluding carboxylic acids is 2. The van der Waals surface area contributed by atoms with E-state index >= 15 is 0 Å². The van der Waals surface area contributed by atoms with E-state index in [4.69, 9.17) is 0 Å². The Morgan fingerprint density at radius 1 is 1.23 bits per heavy atom. The summed E-state index contributed by atoms with van der Waals surface area (Å²) in [5.74, 6) is 0.392. The van der Waals surface area contributed by atoms with Crippen LogP contribution < -0.4 is 15.8 Å². The summed E-state index contributed by atoms with van der Waals surface area (Å²) in [5.41, 5.74) is 8.45. The van der Waals surface area contributed by atoms with Crippen LogP contribution in [0.1, 0.15) is 45.1 Å². The molecule has 2 saturated heterocycles. The van der Waals surface area contributed by atoms with E-state index in [0.29, 0.717) is 19.0 Å². The minimum atomic E-state index is -0.130. The molecule has 26 heavy (non-hydrogen) atoms. The zero-order valence-corrected chi connectivity index (χ0v) is 15.6. The maximum Gasteiger partial charge on any atom is 0.241 e. The van der Waals surface area contributed by atoms with Gasteiger partial charge in [-0.05, 0) is 44.7 Å². The van der Waals surface area contributed by atoms with E-state index in [0.717, 1.165) is 38.0 Å². The molecule has 6 nitrogen and oxygen atoms in total. The average molecular weight is 356 g/mol. The first-order valence-corrected chi connectivity index (χ1v) is 9.74. The van der Waals surface area contributed by atoms with Gasteiger partial charge in [0.05, 0.1) is 0 Å². The first-order chi connectivity index (χ1) is 12.5. The lowest BCUT2D eigenvalue weighted by Crippen LogP contribution is -2.54. The molecule has 2 unspecified atom stereocenters. The third kappa shape index (κ3) is 2.81. The summed E-state index contributed by atoms with van der Waals surface area (Å²) in [6.07, 6.45) is 3.09. The zero-order valence-electron chi connectivity index (χ0n) is 15.6. The number of likely N-dealkylation sites (tertiary alicyclic amines) is 1. The highest BCUT2D eigenvalue weighted by Crippen LogP contribution is 2.46. The summed E-state index contributed by atoms with van der Waals surface area (Å²) >= 11 is 0. The summed E-state index contributed by atoms with van der Waals surface area (Å²) in [5, 5.41) is 0. The van der Waals surface area contributed by atoms with Crippen LogP contribution in [0.25, 0.3) is 0 Å². The lowest BCUT2D eigenvalue weighted by Gasteiger charge is -2.47. The second-order valence-corrected chi connectivity index (χ2v) is 7.92. The van der Waals surface area contributed by atoms with E-state index in [-0.39, 0.29) is 23.3 Å². The topological polar surface area (TPSA) is 64.7 Å². The second kappa shape index (κ2) is 6.67. The normalized spacial score (nSPS) is 27.7. The van der Waals surface area contributed by atoms with Crippen molar-refractivity contribution in [3.63, 3.8) is 0 Å². The number of para-hydroxylation sites is 1. The molecule has 4 rings (SSSR count). The van der Waals surface area contributed by atoms with Crippen molar-refractivity contribution in [2.45, 2.75) is 57.0 Å². The second-order valence-electron chi connectivity index (χ2n) is 7.92. The molecule has 140 valence electrons. The monoisotopic (exact) mass is 356 g/mol. The van der Waals surface area contributed by atoms with Gasteiger partial charge in [0.15, 0.2) is 0 Å². The Balaban J connectivity index is 1.53. The van der Waals surface area contributed by atoms with Gasteiger partial charge in [-0.3, -0.25) is 15.0 Å². The van der Waals surface area contributed by atoms with E-state index in [1.54, 1.807) is 0 Å². The van der Waals surface area contributed by atoms with Crippen LogP contribution in [-0.4, -0.2) is 48.4 Å². The molecule has 3 heterocycles. The third-order valence-electron chi connectivity index (χ3n) is 6.30. The molecule has 0 radical (unpaired) electrons. The van der Waals surface area contributed by atoms with Gasteiger partial charge in [0.2, 0.25) is 11.8 Å². The van der Waals surface area contributed by atoms with Crippen molar-refractivity contribution in [1.29, 1.82) is 0 Å². The molecule has 0 bridgehead atoms. The zero-order chi connectivity index (χ0) is 18.3. The first kappa shape index (κ1) is 17.5. The molecule has 1 spiro atoms. The van der Waals surface area contributed by atoms with E-state index in [1.807, 2.05) is 22.8 Å². The molecule has 2 N–H and O–H groups in total. The van der Waals surface area contributed by atoms with Gasteiger partial charge in [-0.25, -0.2) is 5.43 Å². The largest absolute Gasteiger partial charge is 0.341 e. The number of hydrazine groups is 1. The minimum Gasteiger partial charge on any atom is -0.341 e. The maximum atomic E-state index is 12.8. The number of piperidine rings is 1. The molecular weight excluding hydrogens is 328 g/mol. The fourth-order valence-corrected chi connectivity index (χ4v) is 4.82. The third-order valence-corrected chi connectivity index (χ3v) is 6.30. The van der Waals surface area contributed by atoms with E-state index in [1.165, 1.54) is 5.56 Å². The Morgan fingerprint density at radius 2 is 1.96 bits per heavy atom. The van der Waals surface area contributed by atoms with Crippen LogP contribution in [0.3, 0.4) is 0 Å². The average Bonchev–Trinajstić information content (AvgIpc) is 3.09. The number of hydrogen-bond acceptors (Lipinski definition) is 4. The van der Waals surface area contributed by atoms with Gasteiger partial charge in [-0.15, -0.1) is 0 Å². The van der Waals surface area contributed by atoms with Gasteiger partial charge in [0.1, 0.15) is 6.04 Å². The molecule has 0 aromatic heterocycles. The lowest BCUT2D eigenvalue weighted by atomic mass is 9.67. The van der Waals surface area contributed by atoms with Crippen molar-refractivity contribution < 1.29 is 9.59 Å². The SMILES string of the molecule is CCN1C(=O)CC2(CCN(C(=O)C3CC(C)NN3)CC2)c2ccccc21. The van der Waals surface area contributed by atoms with Crippen molar-refractivity contribution in [3.05, 3.63) is 29.8 Å². The van der Waals surface area contributed by atoms with Crippen LogP contribution in [0.2, 0.25) is 0 Å². The summed E-state index contributed by atoms with van der Waals surface area (Å²) in [7, 11) is 0. The standard InChI is InChI=1S/C20H28N4O2/c1-3-24-17-7-5-4-6-15(17)20(13-18(24)25)8-10-23(11-9-20)19(26)16-12-14(2)21-22-16/h4-7,14,16,21-22H,3,8-13H2,1-2H3. The Kier molecular flexibility index (Phi) is 4.49. The highest BCUT2D eigenvalue weighted by molar-refractivity contribution is 5.98. The summed E-state index contributed by atoms with van der Waals surface area (Å²) in [6, 6.07) is 8.50. The molecule has 2 amide bonds. The number of nitrogens with zero attached hydrogens (tertiary/aromatic N) is 2. The van der Waals surface area contributed by atoms with Crippen LogP contribution in [0.5, 0.6) is 0 Å². The van der Waals surface area contributed by atoms with Gasteiger partial charge in [-0.1, -0.05) is 18.2 Å². The fraction of sp³-hybridized carbons (Fsp3) is 0.600. The van der Waals surface area contributed by atoms with Crippen molar-refractivity contribution in [3.8, 4) is 0 Å². The summed E-state index contributed by atoms with van der Waals surface area (Å²) in [4.78, 5) is 29.4. The number of amides is 2. The number of fused-ring (bicyclic) bond motifs is 2. The fourth-order valence-electron chi connectivity index (χ4n) is 4.82. The van der Waals surface area contributed by atoms with Crippen molar-refractivity contribution in [1.82, 2.24) is 15.8 Å². The van der Waals surface area contributed by atoms with Crippen LogP contribution in [0, 0.1) is 0 Å². The molecule has 3 aliphatic heterocycles. The number of carbonyl (C=O) groups is 2. The number of benzene rings is 1. The Hall–Kier alpha value is -1.92. The van der Waals surface area contributed by atoms with Crippen LogP contribution in [-0.2, 0) is 15.0 Å². The molecule has 1 aromatic carbocycles. The lowest BCUT2D eigenvalue weighted by molar-refractivity contribution is -0.135. The molecule has 2 fully saturated rings. The van der Waals surface area contributed by atoms with Gasteiger partial charge in [0.25, 0.3) is 0 Å². The maximum absolute atomic E-state index is 12.8. The molecule has 0 saturated carbocycles. The van der Waals surface area contributed by atoms with Crippen molar-refractivity contribution >= 4 is 17.5 Å².